The van der Waals surface area contributed by atoms with Gasteiger partial charge >= 0.3 is 12.3 Å². The number of hydrogen-bond acceptors (Lipinski definition) is 4. The molecule has 0 aromatic rings. The summed E-state index contributed by atoms with van der Waals surface area (Å²) in [5.41, 5.74) is 0. The Kier molecular flexibility index (Phi) is 4.34. The highest BCUT2D eigenvalue weighted by atomic mass is 127. The van der Waals surface area contributed by atoms with Crippen LogP contribution in [0.15, 0.2) is 10.0 Å². The minimum Gasteiger partial charge on any atom is -0.449 e. The van der Waals surface area contributed by atoms with E-state index in [1.54, 1.807) is 0 Å². The lowest BCUT2D eigenvalue weighted by atomic mass is 11.0. The van der Waals surface area contributed by atoms with Gasteiger partial charge in [-0.3, -0.25) is 0 Å². The molecule has 7 heteroatoms. The fourth-order valence-electron chi connectivity index (χ4n) is 0.204. The lowest BCUT2D eigenvalue weighted by molar-refractivity contribution is 0.113. The van der Waals surface area contributed by atoms with Crippen LogP contribution in [0.5, 0.6) is 0 Å². The number of carbonyl (C=O) groups is 2. The molecule has 0 aliphatic heterocycles. The first kappa shape index (κ1) is 10.0. The largest absolute Gasteiger partial charge is 0.511 e. The number of carboxylic acid groups (broad SMARTS) is 2. The van der Waals surface area contributed by atoms with E-state index in [4.69, 9.17) is 10.2 Å². The zero-order valence-corrected chi connectivity index (χ0v) is 7.14. The average molecular weight is 274 g/mol. The quantitative estimate of drug-likeness (QED) is 0.451. The van der Waals surface area contributed by atoms with Crippen molar-refractivity contribution in [3.05, 3.63) is 10.0 Å². The molecule has 0 saturated heterocycles. The van der Waals surface area contributed by atoms with Crippen LogP contribution in [-0.4, -0.2) is 22.5 Å². The van der Waals surface area contributed by atoms with E-state index in [1.807, 2.05) is 0 Å². The molecule has 0 atom stereocenters. The molecule has 0 heterocycles. The molecule has 0 aromatic carbocycles. The van der Waals surface area contributed by atoms with Gasteiger partial charge in [0.25, 0.3) is 0 Å². The fourth-order valence-corrected chi connectivity index (χ4v) is 0.520. The number of ether oxygens (including phenoxy) is 2. The second-order valence-corrected chi connectivity index (χ2v) is 2.24. The topological polar surface area (TPSA) is 93.1 Å². The molecule has 0 amide bonds. The summed E-state index contributed by atoms with van der Waals surface area (Å²) in [5, 5.41) is 15.9. The smallest absolute Gasteiger partial charge is 0.449 e. The highest BCUT2D eigenvalue weighted by Gasteiger charge is 2.01. The van der Waals surface area contributed by atoms with Gasteiger partial charge in [0.15, 0.2) is 0 Å². The maximum Gasteiger partial charge on any atom is 0.511 e. The molecule has 0 radical (unpaired) electrons. The lowest BCUT2D eigenvalue weighted by Crippen LogP contribution is -1.98. The molecule has 6 nitrogen and oxygen atoms in total. The van der Waals surface area contributed by atoms with Crippen molar-refractivity contribution < 1.29 is 29.3 Å². The van der Waals surface area contributed by atoms with E-state index in [1.165, 1.54) is 22.6 Å². The van der Waals surface area contributed by atoms with Crippen LogP contribution in [0.1, 0.15) is 0 Å². The number of hydrogen-bond donors (Lipinski definition) is 2. The standard InChI is InChI=1S/C4H3IO6/c5-2(11-4(8)9)1-10-3(6)7/h1H,(H,6,7)(H,8,9)/b2-1+. The molecule has 0 fully saturated rings. The first-order chi connectivity index (χ1) is 5.02. The molecule has 0 aromatic heterocycles. The summed E-state index contributed by atoms with van der Waals surface area (Å²) in [7, 11) is 0. The minimum absolute atomic E-state index is 0.183. The molecule has 0 rings (SSSR count). The van der Waals surface area contributed by atoms with Crippen LogP contribution in [0, 0.1) is 0 Å². The molecule has 0 aliphatic carbocycles. The van der Waals surface area contributed by atoms with Crippen LogP contribution in [0.3, 0.4) is 0 Å². The number of halogens is 1. The Balaban J connectivity index is 3.81. The molecular weight excluding hydrogens is 271 g/mol. The molecule has 2 N–H and O–H groups in total. The van der Waals surface area contributed by atoms with Gasteiger partial charge in [-0.05, 0) is 0 Å². The van der Waals surface area contributed by atoms with E-state index in [-0.39, 0.29) is 3.77 Å². The highest BCUT2D eigenvalue weighted by Crippen LogP contribution is 2.07. The summed E-state index contributed by atoms with van der Waals surface area (Å²) in [6, 6.07) is 0. The van der Waals surface area contributed by atoms with Crippen molar-refractivity contribution in [2.45, 2.75) is 0 Å². The number of rotatable bonds is 2. The predicted octanol–water partition coefficient (Wildman–Crippen LogP) is 1.61. The fraction of sp³-hybridized carbons (Fsp3) is 0. The minimum atomic E-state index is -1.53. The SMILES string of the molecule is O=C(O)O/C=C(\I)OC(=O)O. The summed E-state index contributed by atoms with van der Waals surface area (Å²) < 4.78 is 7.66. The van der Waals surface area contributed by atoms with Crippen LogP contribution >= 0.6 is 22.6 Å². The van der Waals surface area contributed by atoms with Gasteiger partial charge < -0.3 is 19.7 Å². The van der Waals surface area contributed by atoms with E-state index in [2.05, 4.69) is 9.47 Å². The zero-order chi connectivity index (χ0) is 8.85. The van der Waals surface area contributed by atoms with Crippen LogP contribution in [0.25, 0.3) is 0 Å². The van der Waals surface area contributed by atoms with E-state index in [9.17, 15) is 9.59 Å². The maximum absolute atomic E-state index is 9.78. The Bertz CT molecular complexity index is 197. The third-order valence-corrected chi connectivity index (χ3v) is 0.912. The Morgan fingerprint density at radius 3 is 2.18 bits per heavy atom. The van der Waals surface area contributed by atoms with Crippen LogP contribution in [-0.2, 0) is 9.47 Å². The van der Waals surface area contributed by atoms with Crippen molar-refractivity contribution in [3.8, 4) is 0 Å². The van der Waals surface area contributed by atoms with Gasteiger partial charge in [-0.25, -0.2) is 9.59 Å². The van der Waals surface area contributed by atoms with Crippen molar-refractivity contribution >= 4 is 34.9 Å². The first-order valence-corrected chi connectivity index (χ1v) is 3.26. The van der Waals surface area contributed by atoms with Crippen molar-refractivity contribution in [1.29, 1.82) is 0 Å². The molecule has 0 unspecified atom stereocenters. The lowest BCUT2D eigenvalue weighted by Gasteiger charge is -1.94. The van der Waals surface area contributed by atoms with E-state index < -0.39 is 12.3 Å². The van der Waals surface area contributed by atoms with Crippen molar-refractivity contribution in [3.63, 3.8) is 0 Å². The monoisotopic (exact) mass is 274 g/mol. The molecule has 0 saturated carbocycles. The zero-order valence-electron chi connectivity index (χ0n) is 4.98. The highest BCUT2D eigenvalue weighted by molar-refractivity contribution is 14.1. The van der Waals surface area contributed by atoms with Crippen molar-refractivity contribution in [1.82, 2.24) is 0 Å². The van der Waals surface area contributed by atoms with Gasteiger partial charge in [-0.2, -0.15) is 0 Å². The third-order valence-electron chi connectivity index (χ3n) is 0.437. The Morgan fingerprint density at radius 2 is 1.82 bits per heavy atom. The third kappa shape index (κ3) is 6.90. The van der Waals surface area contributed by atoms with Crippen molar-refractivity contribution in [2.24, 2.45) is 0 Å². The van der Waals surface area contributed by atoms with Crippen molar-refractivity contribution in [2.75, 3.05) is 0 Å². The Labute approximate surface area is 74.5 Å². The van der Waals surface area contributed by atoms with E-state index in [0.717, 1.165) is 0 Å². The second kappa shape index (κ2) is 4.77. The van der Waals surface area contributed by atoms with Crippen LogP contribution in [0.4, 0.5) is 9.59 Å². The molecule has 0 bridgehead atoms. The summed E-state index contributed by atoms with van der Waals surface area (Å²) in [5.74, 6) is 0. The summed E-state index contributed by atoms with van der Waals surface area (Å²) in [6.45, 7) is 0. The van der Waals surface area contributed by atoms with Gasteiger partial charge in [0.2, 0.25) is 3.77 Å². The van der Waals surface area contributed by atoms with Gasteiger partial charge in [0.05, 0.1) is 0 Å². The normalized spacial score (nSPS) is 10.5. The first-order valence-electron chi connectivity index (χ1n) is 2.18. The molecule has 0 aliphatic rings. The summed E-state index contributed by atoms with van der Waals surface area (Å²) in [4.78, 5) is 19.5. The molecular formula is C4H3IO6. The van der Waals surface area contributed by atoms with Crippen LogP contribution in [0.2, 0.25) is 0 Å². The van der Waals surface area contributed by atoms with Gasteiger partial charge in [0.1, 0.15) is 6.26 Å². The van der Waals surface area contributed by atoms with E-state index >= 15 is 0 Å². The molecule has 62 valence electrons. The summed E-state index contributed by atoms with van der Waals surface area (Å²) in [6.07, 6.45) is -2.40. The van der Waals surface area contributed by atoms with Gasteiger partial charge in [-0.1, -0.05) is 0 Å². The second-order valence-electron chi connectivity index (χ2n) is 1.17. The Morgan fingerprint density at radius 1 is 1.27 bits per heavy atom. The molecule has 11 heavy (non-hydrogen) atoms. The summed E-state index contributed by atoms with van der Waals surface area (Å²) >= 11 is 1.46. The Hall–Kier alpha value is -0.990. The van der Waals surface area contributed by atoms with Crippen LogP contribution < -0.4 is 0 Å². The molecule has 0 spiro atoms. The van der Waals surface area contributed by atoms with Gasteiger partial charge in [-0.15, -0.1) is 0 Å². The predicted molar refractivity (Wildman–Crippen MR) is 40.3 cm³/mol. The van der Waals surface area contributed by atoms with E-state index in [0.29, 0.717) is 6.26 Å². The average Bonchev–Trinajstić information content (AvgIpc) is 1.82. The van der Waals surface area contributed by atoms with Gasteiger partial charge in [0, 0.05) is 22.6 Å². The maximum atomic E-state index is 9.78.